The van der Waals surface area contributed by atoms with E-state index in [2.05, 4.69) is 25.1 Å². The Balaban J connectivity index is 1.83. The molecule has 0 spiro atoms. The van der Waals surface area contributed by atoms with E-state index in [9.17, 15) is 4.79 Å². The summed E-state index contributed by atoms with van der Waals surface area (Å²) in [7, 11) is 0. The van der Waals surface area contributed by atoms with Crippen molar-refractivity contribution in [2.75, 3.05) is 5.32 Å². The Morgan fingerprint density at radius 3 is 2.43 bits per heavy atom. The standard InChI is InChI=1S/C21H20N6O/c1-14(21-22-12-24-26-21)27-13-23-19(16-6-4-3-5-7-16)20(27)17-8-10-18(11-9-17)25-15(2)28/h3-14H,1-2H3,(H,25,28)(H,22,24,26). The Morgan fingerprint density at radius 1 is 1.04 bits per heavy atom. The number of hydrogen-bond donors (Lipinski definition) is 2. The van der Waals surface area contributed by atoms with Gasteiger partial charge in [-0.15, -0.1) is 0 Å². The molecule has 0 fully saturated rings. The fourth-order valence-electron chi connectivity index (χ4n) is 3.21. The number of nitrogens with zero attached hydrogens (tertiary/aromatic N) is 4. The molecule has 0 radical (unpaired) electrons. The van der Waals surface area contributed by atoms with Gasteiger partial charge in [-0.1, -0.05) is 42.5 Å². The van der Waals surface area contributed by atoms with Gasteiger partial charge in [0.15, 0.2) is 0 Å². The maximum atomic E-state index is 11.3. The van der Waals surface area contributed by atoms with E-state index in [1.54, 1.807) is 0 Å². The predicted molar refractivity (Wildman–Crippen MR) is 108 cm³/mol. The molecule has 0 saturated carbocycles. The molecule has 2 heterocycles. The molecule has 0 aliphatic rings. The molecule has 0 aliphatic heterocycles. The number of anilines is 1. The average Bonchev–Trinajstić information content (AvgIpc) is 3.39. The first-order valence-electron chi connectivity index (χ1n) is 8.99. The molecule has 0 saturated heterocycles. The van der Waals surface area contributed by atoms with E-state index in [0.29, 0.717) is 0 Å². The lowest BCUT2D eigenvalue weighted by molar-refractivity contribution is -0.114. The highest BCUT2D eigenvalue weighted by Gasteiger charge is 2.20. The van der Waals surface area contributed by atoms with Gasteiger partial charge in [0.05, 0.1) is 23.8 Å². The van der Waals surface area contributed by atoms with Gasteiger partial charge in [-0.25, -0.2) is 9.97 Å². The van der Waals surface area contributed by atoms with Gasteiger partial charge in [0.25, 0.3) is 0 Å². The fraction of sp³-hybridized carbons (Fsp3) is 0.143. The molecule has 0 bridgehead atoms. The van der Waals surface area contributed by atoms with Crippen molar-refractivity contribution < 1.29 is 4.79 Å². The zero-order valence-corrected chi connectivity index (χ0v) is 15.6. The van der Waals surface area contributed by atoms with Crippen LogP contribution in [0.3, 0.4) is 0 Å². The first-order chi connectivity index (χ1) is 13.6. The molecule has 1 atom stereocenters. The highest BCUT2D eigenvalue weighted by molar-refractivity contribution is 5.89. The number of aromatic nitrogens is 5. The SMILES string of the molecule is CC(=O)Nc1ccc(-c2c(-c3ccccc3)ncn2C(C)c2ncn[nH]2)cc1. The lowest BCUT2D eigenvalue weighted by Gasteiger charge is -2.16. The van der Waals surface area contributed by atoms with Crippen molar-refractivity contribution >= 4 is 11.6 Å². The Hall–Kier alpha value is -3.74. The molecule has 7 nitrogen and oxygen atoms in total. The Kier molecular flexibility index (Phi) is 4.72. The van der Waals surface area contributed by atoms with Gasteiger partial charge in [-0.3, -0.25) is 9.89 Å². The van der Waals surface area contributed by atoms with E-state index >= 15 is 0 Å². The van der Waals surface area contributed by atoms with Crippen molar-refractivity contribution in [3.05, 3.63) is 73.1 Å². The minimum Gasteiger partial charge on any atom is -0.326 e. The summed E-state index contributed by atoms with van der Waals surface area (Å²) in [5, 5.41) is 9.70. The second-order valence-electron chi connectivity index (χ2n) is 6.52. The van der Waals surface area contributed by atoms with Crippen LogP contribution in [0.1, 0.15) is 25.7 Å². The minimum absolute atomic E-state index is 0.0718. The average molecular weight is 372 g/mol. The molecule has 140 valence electrons. The van der Waals surface area contributed by atoms with Crippen LogP contribution in [0.5, 0.6) is 0 Å². The predicted octanol–water partition coefficient (Wildman–Crippen LogP) is 3.90. The molecule has 1 amide bonds. The minimum atomic E-state index is -0.0956. The molecular formula is C21H20N6O. The number of nitrogens with one attached hydrogen (secondary N) is 2. The molecule has 2 aromatic carbocycles. The third-order valence-corrected chi connectivity index (χ3v) is 4.57. The third-order valence-electron chi connectivity index (χ3n) is 4.57. The Labute approximate surface area is 162 Å². The molecule has 0 aliphatic carbocycles. The number of benzene rings is 2. The van der Waals surface area contributed by atoms with Gasteiger partial charge in [0.2, 0.25) is 5.91 Å². The molecule has 28 heavy (non-hydrogen) atoms. The summed E-state index contributed by atoms with van der Waals surface area (Å²) >= 11 is 0. The van der Waals surface area contributed by atoms with Crippen molar-refractivity contribution in [3.8, 4) is 22.5 Å². The number of aromatic amines is 1. The first kappa shape index (κ1) is 17.7. The molecule has 1 unspecified atom stereocenters. The molecule has 7 heteroatoms. The van der Waals surface area contributed by atoms with Gasteiger partial charge >= 0.3 is 0 Å². The second kappa shape index (κ2) is 7.48. The largest absolute Gasteiger partial charge is 0.326 e. The zero-order valence-electron chi connectivity index (χ0n) is 15.6. The number of hydrogen-bond acceptors (Lipinski definition) is 4. The van der Waals surface area contributed by atoms with Crippen LogP contribution in [0, 0.1) is 0 Å². The van der Waals surface area contributed by atoms with Gasteiger partial charge < -0.3 is 9.88 Å². The van der Waals surface area contributed by atoms with Crippen LogP contribution < -0.4 is 5.32 Å². The summed E-state index contributed by atoms with van der Waals surface area (Å²) in [6.45, 7) is 3.54. The van der Waals surface area contributed by atoms with Crippen molar-refractivity contribution in [1.82, 2.24) is 24.7 Å². The molecule has 2 N–H and O–H groups in total. The van der Waals surface area contributed by atoms with Crippen molar-refractivity contribution in [3.63, 3.8) is 0 Å². The van der Waals surface area contributed by atoms with Crippen LogP contribution in [-0.2, 0) is 4.79 Å². The molecule has 2 aromatic heterocycles. The highest BCUT2D eigenvalue weighted by atomic mass is 16.1. The first-order valence-corrected chi connectivity index (χ1v) is 8.99. The molecule has 4 rings (SSSR count). The van der Waals surface area contributed by atoms with Crippen LogP contribution in [0.25, 0.3) is 22.5 Å². The quantitative estimate of drug-likeness (QED) is 0.556. The molecule has 4 aromatic rings. The van der Waals surface area contributed by atoms with Crippen molar-refractivity contribution in [2.24, 2.45) is 0 Å². The summed E-state index contributed by atoms with van der Waals surface area (Å²) in [4.78, 5) is 20.3. The van der Waals surface area contributed by atoms with E-state index in [1.807, 2.05) is 67.8 Å². The zero-order chi connectivity index (χ0) is 19.5. The van der Waals surface area contributed by atoms with Crippen molar-refractivity contribution in [2.45, 2.75) is 19.9 Å². The topological polar surface area (TPSA) is 88.5 Å². The van der Waals surface area contributed by atoms with Gasteiger partial charge in [-0.05, 0) is 19.1 Å². The Morgan fingerprint density at radius 2 is 1.79 bits per heavy atom. The monoisotopic (exact) mass is 372 g/mol. The van der Waals surface area contributed by atoms with Crippen LogP contribution in [0.2, 0.25) is 0 Å². The van der Waals surface area contributed by atoms with Crippen LogP contribution >= 0.6 is 0 Å². The number of H-pyrrole nitrogens is 1. The number of imidazole rings is 1. The number of rotatable bonds is 5. The second-order valence-corrected chi connectivity index (χ2v) is 6.52. The number of amides is 1. The fourth-order valence-corrected chi connectivity index (χ4v) is 3.21. The highest BCUT2D eigenvalue weighted by Crippen LogP contribution is 2.34. The Bertz CT molecular complexity index is 1070. The van der Waals surface area contributed by atoms with Gasteiger partial charge in [-0.2, -0.15) is 5.10 Å². The summed E-state index contributed by atoms with van der Waals surface area (Å²) in [5.41, 5.74) is 4.65. The van der Waals surface area contributed by atoms with Gasteiger partial charge in [0, 0.05) is 23.7 Å². The maximum Gasteiger partial charge on any atom is 0.221 e. The van der Waals surface area contributed by atoms with E-state index in [1.165, 1.54) is 13.3 Å². The molecular weight excluding hydrogens is 352 g/mol. The number of carbonyl (C=O) groups excluding carboxylic acids is 1. The van der Waals surface area contributed by atoms with E-state index in [0.717, 1.165) is 34.0 Å². The van der Waals surface area contributed by atoms with Crippen LogP contribution in [-0.4, -0.2) is 30.6 Å². The van der Waals surface area contributed by atoms with Crippen LogP contribution in [0.15, 0.2) is 67.3 Å². The summed E-state index contributed by atoms with van der Waals surface area (Å²) in [6.07, 6.45) is 3.33. The van der Waals surface area contributed by atoms with Crippen LogP contribution in [0.4, 0.5) is 5.69 Å². The lowest BCUT2D eigenvalue weighted by atomic mass is 10.0. The smallest absolute Gasteiger partial charge is 0.221 e. The van der Waals surface area contributed by atoms with E-state index in [-0.39, 0.29) is 11.9 Å². The van der Waals surface area contributed by atoms with Crippen molar-refractivity contribution in [1.29, 1.82) is 0 Å². The summed E-state index contributed by atoms with van der Waals surface area (Å²) < 4.78 is 2.08. The third kappa shape index (κ3) is 3.42. The summed E-state index contributed by atoms with van der Waals surface area (Å²) in [5.74, 6) is 0.662. The normalized spacial score (nSPS) is 11.9. The maximum absolute atomic E-state index is 11.3. The van der Waals surface area contributed by atoms with E-state index < -0.39 is 0 Å². The number of carbonyl (C=O) groups is 1. The lowest BCUT2D eigenvalue weighted by Crippen LogP contribution is -2.09. The van der Waals surface area contributed by atoms with Gasteiger partial charge in [0.1, 0.15) is 12.2 Å². The van der Waals surface area contributed by atoms with E-state index in [4.69, 9.17) is 4.98 Å². The summed E-state index contributed by atoms with van der Waals surface area (Å²) in [6, 6.07) is 17.7.